The zero-order valence-electron chi connectivity index (χ0n) is 11.4. The molecule has 3 heteroatoms. The van der Waals surface area contributed by atoms with E-state index in [-0.39, 0.29) is 10.4 Å². The van der Waals surface area contributed by atoms with Gasteiger partial charge in [0.25, 0.3) is 0 Å². The van der Waals surface area contributed by atoms with E-state index < -0.39 is 16.1 Å². The van der Waals surface area contributed by atoms with Gasteiger partial charge >= 0.3 is 0 Å². The maximum Gasteiger partial charge on any atom is 0.180 e. The van der Waals surface area contributed by atoms with Gasteiger partial charge in [-0.05, 0) is 11.0 Å². The van der Waals surface area contributed by atoms with Crippen LogP contribution in [0.2, 0.25) is 37.8 Å². The van der Waals surface area contributed by atoms with Crippen molar-refractivity contribution < 1.29 is 4.79 Å². The largest absolute Gasteiger partial charge is 0.291 e. The Morgan fingerprint density at radius 3 is 1.67 bits per heavy atom. The Balaban J connectivity index is 4.95. The van der Waals surface area contributed by atoms with E-state index in [2.05, 4.69) is 65.0 Å². The third-order valence-electron chi connectivity index (χ3n) is 2.99. The van der Waals surface area contributed by atoms with Crippen molar-refractivity contribution in [2.75, 3.05) is 0 Å². The quantitative estimate of drug-likeness (QED) is 0.506. The van der Waals surface area contributed by atoms with Crippen LogP contribution in [0.4, 0.5) is 0 Å². The maximum atomic E-state index is 12.1. The van der Waals surface area contributed by atoms with Gasteiger partial charge in [-0.15, -0.1) is 5.54 Å². The molecule has 0 saturated heterocycles. The van der Waals surface area contributed by atoms with Gasteiger partial charge < -0.3 is 0 Å². The summed E-state index contributed by atoms with van der Waals surface area (Å²) < 4.78 is 0. The lowest BCUT2D eigenvalue weighted by molar-refractivity contribution is -0.108. The fraction of sp³-hybridized carbons (Fsp3) is 0.750. The third kappa shape index (κ3) is 4.35. The second-order valence-corrected chi connectivity index (χ2v) is 16.7. The van der Waals surface area contributed by atoms with Crippen LogP contribution >= 0.6 is 0 Å². The Hall–Kier alpha value is -0.336. The molecule has 0 aromatic heterocycles. The van der Waals surface area contributed by atoms with Crippen molar-refractivity contribution in [3.05, 3.63) is 0 Å². The molecule has 0 aromatic rings. The highest BCUT2D eigenvalue weighted by Gasteiger charge is 2.41. The highest BCUT2D eigenvalue weighted by atomic mass is 28.3. The molecule has 0 aliphatic carbocycles. The van der Waals surface area contributed by atoms with E-state index in [0.29, 0.717) is 0 Å². The zero-order valence-corrected chi connectivity index (χ0v) is 13.4. The summed E-state index contributed by atoms with van der Waals surface area (Å²) in [6, 6.07) is 0. The first-order chi connectivity index (χ1) is 6.38. The molecule has 0 bridgehead atoms. The standard InChI is InChI=1S/C12H24OSi2/c1-12(2,3)15(7,8)11(13)9-10-14(4,5)6/h1-8H3. The van der Waals surface area contributed by atoms with E-state index in [0.717, 1.165) is 0 Å². The van der Waals surface area contributed by atoms with Gasteiger partial charge in [-0.1, -0.05) is 53.5 Å². The van der Waals surface area contributed by atoms with Gasteiger partial charge in [-0.2, -0.15) is 0 Å². The van der Waals surface area contributed by atoms with Crippen LogP contribution in [0.25, 0.3) is 0 Å². The van der Waals surface area contributed by atoms with Gasteiger partial charge in [-0.3, -0.25) is 4.79 Å². The van der Waals surface area contributed by atoms with Crippen molar-refractivity contribution in [3.63, 3.8) is 0 Å². The minimum Gasteiger partial charge on any atom is -0.291 e. The fourth-order valence-corrected chi connectivity index (χ4v) is 2.41. The van der Waals surface area contributed by atoms with E-state index >= 15 is 0 Å². The summed E-state index contributed by atoms with van der Waals surface area (Å²) >= 11 is 0. The van der Waals surface area contributed by atoms with Crippen molar-refractivity contribution >= 4 is 21.6 Å². The predicted octanol–water partition coefficient (Wildman–Crippen LogP) is 3.48. The number of rotatable bonds is 1. The van der Waals surface area contributed by atoms with Gasteiger partial charge in [0.05, 0.1) is 0 Å². The summed E-state index contributed by atoms with van der Waals surface area (Å²) in [5, 5.41) is 0.301. The lowest BCUT2D eigenvalue weighted by atomic mass is 10.2. The van der Waals surface area contributed by atoms with Crippen molar-refractivity contribution in [2.24, 2.45) is 0 Å². The SMILES string of the molecule is CC(C)(C)[Si](C)(C)C(=O)C#C[Si](C)(C)C. The number of carbonyl (C=O) groups excluding carboxylic acids is 1. The summed E-state index contributed by atoms with van der Waals surface area (Å²) in [5.41, 5.74) is 3.17. The Morgan fingerprint density at radius 2 is 1.40 bits per heavy atom. The number of hydrogen-bond donors (Lipinski definition) is 0. The summed E-state index contributed by atoms with van der Waals surface area (Å²) in [4.78, 5) is 12.1. The first-order valence-electron chi connectivity index (χ1n) is 5.45. The molecule has 0 saturated carbocycles. The van der Waals surface area contributed by atoms with Gasteiger partial charge in [0.2, 0.25) is 0 Å². The fourth-order valence-electron chi connectivity index (χ4n) is 0.741. The molecule has 0 aliphatic heterocycles. The molecule has 0 fully saturated rings. The Kier molecular flexibility index (Phi) is 4.17. The van der Waals surface area contributed by atoms with Crippen LogP contribution in [-0.4, -0.2) is 21.6 Å². The smallest absolute Gasteiger partial charge is 0.180 e. The molecular formula is C12H24OSi2. The second-order valence-electron chi connectivity index (χ2n) is 6.70. The molecule has 86 valence electrons. The summed E-state index contributed by atoms with van der Waals surface area (Å²) in [6.07, 6.45) is 0. The molecule has 0 rings (SSSR count). The Labute approximate surface area is 96.7 Å². The van der Waals surface area contributed by atoms with Crippen molar-refractivity contribution in [3.8, 4) is 11.5 Å². The summed E-state index contributed by atoms with van der Waals surface area (Å²) in [6.45, 7) is 17.2. The first-order valence-corrected chi connectivity index (χ1v) is 12.0. The normalized spacial score (nSPS) is 13.1. The average Bonchev–Trinajstić information content (AvgIpc) is 1.96. The van der Waals surface area contributed by atoms with Crippen LogP contribution in [0, 0.1) is 11.5 Å². The molecule has 15 heavy (non-hydrogen) atoms. The van der Waals surface area contributed by atoms with Crippen molar-refractivity contribution in [1.29, 1.82) is 0 Å². The van der Waals surface area contributed by atoms with E-state index in [1.165, 1.54) is 0 Å². The minimum atomic E-state index is -1.90. The van der Waals surface area contributed by atoms with Gasteiger partial charge in [0.15, 0.2) is 5.41 Å². The van der Waals surface area contributed by atoms with Gasteiger partial charge in [0, 0.05) is 0 Å². The molecular weight excluding hydrogens is 216 g/mol. The van der Waals surface area contributed by atoms with E-state index in [4.69, 9.17) is 0 Å². The van der Waals surface area contributed by atoms with Crippen LogP contribution in [0.1, 0.15) is 20.8 Å². The Bertz CT molecular complexity index is 305. The maximum absolute atomic E-state index is 12.1. The average molecular weight is 240 g/mol. The van der Waals surface area contributed by atoms with E-state index in [1.807, 2.05) is 0 Å². The lowest BCUT2D eigenvalue weighted by Crippen LogP contribution is -2.45. The Morgan fingerprint density at radius 1 is 1.00 bits per heavy atom. The predicted molar refractivity (Wildman–Crippen MR) is 73.3 cm³/mol. The molecule has 0 unspecified atom stereocenters. The molecule has 0 N–H and O–H groups in total. The van der Waals surface area contributed by atoms with Gasteiger partial charge in [0.1, 0.15) is 16.1 Å². The van der Waals surface area contributed by atoms with Crippen molar-refractivity contribution in [1.82, 2.24) is 0 Å². The molecule has 0 aromatic carbocycles. The second kappa shape index (κ2) is 4.27. The van der Waals surface area contributed by atoms with Crippen LogP contribution in [0.5, 0.6) is 0 Å². The molecule has 0 spiro atoms. The first kappa shape index (κ1) is 14.7. The van der Waals surface area contributed by atoms with E-state index in [9.17, 15) is 4.79 Å². The molecule has 0 radical (unpaired) electrons. The molecule has 0 amide bonds. The monoisotopic (exact) mass is 240 g/mol. The molecule has 1 nitrogen and oxygen atoms in total. The minimum absolute atomic E-state index is 0.0954. The number of carbonyl (C=O) groups is 1. The summed E-state index contributed by atoms with van der Waals surface area (Å²) in [5.74, 6) is 2.90. The lowest BCUT2D eigenvalue weighted by Gasteiger charge is -2.33. The zero-order chi connectivity index (χ0) is 12.5. The van der Waals surface area contributed by atoms with Crippen LogP contribution in [0.3, 0.4) is 0 Å². The van der Waals surface area contributed by atoms with Crippen LogP contribution in [0.15, 0.2) is 0 Å². The highest BCUT2D eigenvalue weighted by molar-refractivity contribution is 7.08. The van der Waals surface area contributed by atoms with E-state index in [1.54, 1.807) is 0 Å². The molecule has 0 atom stereocenters. The van der Waals surface area contributed by atoms with Crippen LogP contribution < -0.4 is 0 Å². The summed E-state index contributed by atoms with van der Waals surface area (Å²) in [7, 11) is -3.32. The third-order valence-corrected chi connectivity index (χ3v) is 8.88. The number of hydrogen-bond acceptors (Lipinski definition) is 1. The topological polar surface area (TPSA) is 17.1 Å². The highest BCUT2D eigenvalue weighted by Crippen LogP contribution is 2.36. The van der Waals surface area contributed by atoms with Crippen LogP contribution in [-0.2, 0) is 4.79 Å². The van der Waals surface area contributed by atoms with Crippen molar-refractivity contribution in [2.45, 2.75) is 58.5 Å². The molecule has 0 heterocycles. The molecule has 0 aliphatic rings. The van der Waals surface area contributed by atoms with Gasteiger partial charge in [-0.25, -0.2) is 0 Å².